The van der Waals surface area contributed by atoms with E-state index >= 15 is 0 Å². The monoisotopic (exact) mass is 437 g/mol. The molecule has 7 heteroatoms. The van der Waals surface area contributed by atoms with Gasteiger partial charge in [0.1, 0.15) is 5.82 Å². The second-order valence-corrected chi connectivity index (χ2v) is 8.84. The molecule has 160 valence electrons. The standard InChI is InChI=1S/C24H24FN3O2S/c25-19-8-6-17(7-9-19)14-24(13-11-22(30)28-24)12-10-21(29)26-15-20-23(27-16-31-20)18-4-2-1-3-5-18/h1-9,16H,10-15H2,(H,26,29)(H,28,30)/t24-/m1/s1. The molecule has 1 aromatic heterocycles. The SMILES string of the molecule is O=C(CC[C@]1(Cc2ccc(F)cc2)CCC(=O)N1)NCc1scnc1-c1ccccc1. The molecule has 0 radical (unpaired) electrons. The molecule has 0 bridgehead atoms. The van der Waals surface area contributed by atoms with Gasteiger partial charge in [-0.15, -0.1) is 11.3 Å². The Balaban J connectivity index is 1.35. The van der Waals surface area contributed by atoms with Gasteiger partial charge in [0.15, 0.2) is 0 Å². The van der Waals surface area contributed by atoms with Crippen LogP contribution in [0.25, 0.3) is 11.3 Å². The molecule has 2 amide bonds. The number of halogens is 1. The Bertz CT molecular complexity index is 1050. The number of amides is 2. The van der Waals surface area contributed by atoms with E-state index in [-0.39, 0.29) is 17.6 Å². The first-order valence-corrected chi connectivity index (χ1v) is 11.2. The molecule has 1 saturated heterocycles. The fourth-order valence-electron chi connectivity index (χ4n) is 4.02. The fraction of sp³-hybridized carbons (Fsp3) is 0.292. The Hall–Kier alpha value is -3.06. The third kappa shape index (κ3) is 5.35. The highest BCUT2D eigenvalue weighted by Crippen LogP contribution is 2.30. The molecule has 0 saturated carbocycles. The molecule has 1 aliphatic rings. The Morgan fingerprint density at radius 1 is 1.16 bits per heavy atom. The number of benzene rings is 2. The Labute approximate surface area is 184 Å². The van der Waals surface area contributed by atoms with Crippen LogP contribution >= 0.6 is 11.3 Å². The van der Waals surface area contributed by atoms with Gasteiger partial charge in [-0.05, 0) is 37.0 Å². The zero-order valence-electron chi connectivity index (χ0n) is 17.1. The molecule has 1 fully saturated rings. The van der Waals surface area contributed by atoms with Gasteiger partial charge in [0.25, 0.3) is 0 Å². The number of hydrogen-bond acceptors (Lipinski definition) is 4. The number of thiazole rings is 1. The van der Waals surface area contributed by atoms with Crippen LogP contribution in [0.15, 0.2) is 60.1 Å². The molecule has 2 aromatic carbocycles. The maximum absolute atomic E-state index is 13.2. The summed E-state index contributed by atoms with van der Waals surface area (Å²) in [5, 5.41) is 6.05. The van der Waals surface area contributed by atoms with Crippen LogP contribution in [0.2, 0.25) is 0 Å². The van der Waals surface area contributed by atoms with E-state index in [2.05, 4.69) is 15.6 Å². The first-order valence-electron chi connectivity index (χ1n) is 10.3. The van der Waals surface area contributed by atoms with Crippen LogP contribution in [0, 0.1) is 5.82 Å². The summed E-state index contributed by atoms with van der Waals surface area (Å²) < 4.78 is 13.2. The highest BCUT2D eigenvalue weighted by atomic mass is 32.1. The fourth-order valence-corrected chi connectivity index (χ4v) is 4.75. The molecule has 2 heterocycles. The van der Waals surface area contributed by atoms with E-state index in [1.54, 1.807) is 17.6 Å². The highest BCUT2D eigenvalue weighted by molar-refractivity contribution is 7.10. The summed E-state index contributed by atoms with van der Waals surface area (Å²) in [4.78, 5) is 29.9. The molecular weight excluding hydrogens is 413 g/mol. The summed E-state index contributed by atoms with van der Waals surface area (Å²) in [5.41, 5.74) is 4.18. The number of carbonyl (C=O) groups is 2. The first kappa shape index (κ1) is 21.2. The topological polar surface area (TPSA) is 71.1 Å². The van der Waals surface area contributed by atoms with Gasteiger partial charge in [-0.2, -0.15) is 0 Å². The molecule has 3 aromatic rings. The van der Waals surface area contributed by atoms with Crippen molar-refractivity contribution < 1.29 is 14.0 Å². The molecule has 2 N–H and O–H groups in total. The van der Waals surface area contributed by atoms with E-state index in [1.165, 1.54) is 23.5 Å². The molecule has 1 aliphatic heterocycles. The molecule has 0 unspecified atom stereocenters. The Kier molecular flexibility index (Phi) is 6.42. The van der Waals surface area contributed by atoms with E-state index < -0.39 is 5.54 Å². The molecule has 31 heavy (non-hydrogen) atoms. The summed E-state index contributed by atoms with van der Waals surface area (Å²) in [7, 11) is 0. The third-order valence-electron chi connectivity index (χ3n) is 5.66. The maximum Gasteiger partial charge on any atom is 0.220 e. The first-order chi connectivity index (χ1) is 15.0. The highest BCUT2D eigenvalue weighted by Gasteiger charge is 2.37. The summed E-state index contributed by atoms with van der Waals surface area (Å²) >= 11 is 1.52. The van der Waals surface area contributed by atoms with E-state index in [1.807, 2.05) is 30.3 Å². The molecule has 4 rings (SSSR count). The summed E-state index contributed by atoms with van der Waals surface area (Å²) in [6, 6.07) is 16.2. The van der Waals surface area contributed by atoms with Crippen molar-refractivity contribution in [2.75, 3.05) is 0 Å². The van der Waals surface area contributed by atoms with Crippen LogP contribution < -0.4 is 10.6 Å². The van der Waals surface area contributed by atoms with Crippen LogP contribution in [0.5, 0.6) is 0 Å². The quantitative estimate of drug-likeness (QED) is 0.554. The van der Waals surface area contributed by atoms with Gasteiger partial charge >= 0.3 is 0 Å². The van der Waals surface area contributed by atoms with Crippen molar-refractivity contribution in [1.82, 2.24) is 15.6 Å². The van der Waals surface area contributed by atoms with Crippen LogP contribution in [0.1, 0.15) is 36.1 Å². The van der Waals surface area contributed by atoms with Gasteiger partial charge in [0, 0.05) is 23.9 Å². The van der Waals surface area contributed by atoms with Crippen molar-refractivity contribution in [3.8, 4) is 11.3 Å². The van der Waals surface area contributed by atoms with Gasteiger partial charge in [0.05, 0.1) is 22.6 Å². The molecule has 0 aliphatic carbocycles. The predicted molar refractivity (Wildman–Crippen MR) is 119 cm³/mol. The summed E-state index contributed by atoms with van der Waals surface area (Å²) in [6.45, 7) is 0.422. The lowest BCUT2D eigenvalue weighted by Gasteiger charge is -2.29. The minimum Gasteiger partial charge on any atom is -0.351 e. The van der Waals surface area contributed by atoms with Crippen molar-refractivity contribution in [3.63, 3.8) is 0 Å². The average Bonchev–Trinajstić information content (AvgIpc) is 3.40. The van der Waals surface area contributed by atoms with Crippen LogP contribution in [-0.4, -0.2) is 22.3 Å². The molecule has 0 spiro atoms. The third-order valence-corrected chi connectivity index (χ3v) is 6.49. The zero-order valence-corrected chi connectivity index (χ0v) is 17.9. The second-order valence-electron chi connectivity index (χ2n) is 7.90. The van der Waals surface area contributed by atoms with Crippen LogP contribution in [0.3, 0.4) is 0 Å². The molecular formula is C24H24FN3O2S. The second kappa shape index (κ2) is 9.39. The van der Waals surface area contributed by atoms with Crippen LogP contribution in [0.4, 0.5) is 4.39 Å². The van der Waals surface area contributed by atoms with Crippen LogP contribution in [-0.2, 0) is 22.6 Å². The number of nitrogens with one attached hydrogen (secondary N) is 2. The number of rotatable bonds is 8. The van der Waals surface area contributed by atoms with Gasteiger partial charge in [-0.1, -0.05) is 42.5 Å². The van der Waals surface area contributed by atoms with E-state index in [9.17, 15) is 14.0 Å². The minimum atomic E-state index is -0.466. The number of nitrogens with zero attached hydrogens (tertiary/aromatic N) is 1. The lowest BCUT2D eigenvalue weighted by molar-refractivity contribution is -0.122. The zero-order chi connectivity index (χ0) is 21.7. The van der Waals surface area contributed by atoms with E-state index in [0.717, 1.165) is 21.7 Å². The lowest BCUT2D eigenvalue weighted by atomic mass is 9.85. The number of aromatic nitrogens is 1. The Morgan fingerprint density at radius 2 is 1.94 bits per heavy atom. The maximum atomic E-state index is 13.2. The normalized spacial score (nSPS) is 18.0. The largest absolute Gasteiger partial charge is 0.351 e. The molecule has 1 atom stereocenters. The van der Waals surface area contributed by atoms with Crippen molar-refractivity contribution in [1.29, 1.82) is 0 Å². The van der Waals surface area contributed by atoms with Gasteiger partial charge < -0.3 is 10.6 Å². The molecule has 5 nitrogen and oxygen atoms in total. The van der Waals surface area contributed by atoms with E-state index in [0.29, 0.717) is 38.6 Å². The van der Waals surface area contributed by atoms with Gasteiger partial charge in [0.2, 0.25) is 11.8 Å². The van der Waals surface area contributed by atoms with Crippen molar-refractivity contribution >= 4 is 23.2 Å². The van der Waals surface area contributed by atoms with Crippen molar-refractivity contribution in [2.45, 2.75) is 44.2 Å². The van der Waals surface area contributed by atoms with Crippen molar-refractivity contribution in [3.05, 3.63) is 76.4 Å². The van der Waals surface area contributed by atoms with Gasteiger partial charge in [-0.25, -0.2) is 9.37 Å². The van der Waals surface area contributed by atoms with E-state index in [4.69, 9.17) is 0 Å². The average molecular weight is 438 g/mol. The number of carbonyl (C=O) groups excluding carboxylic acids is 2. The Morgan fingerprint density at radius 3 is 2.65 bits per heavy atom. The summed E-state index contributed by atoms with van der Waals surface area (Å²) in [6.07, 6.45) is 2.55. The van der Waals surface area contributed by atoms with Gasteiger partial charge in [-0.3, -0.25) is 9.59 Å². The smallest absolute Gasteiger partial charge is 0.220 e. The van der Waals surface area contributed by atoms with Crippen molar-refractivity contribution in [2.24, 2.45) is 0 Å². The number of hydrogen-bond donors (Lipinski definition) is 2. The summed E-state index contributed by atoms with van der Waals surface area (Å²) in [5.74, 6) is -0.350. The lowest BCUT2D eigenvalue weighted by Crippen LogP contribution is -2.44. The minimum absolute atomic E-state index is 0.000294. The predicted octanol–water partition coefficient (Wildman–Crippen LogP) is 4.24.